The van der Waals surface area contributed by atoms with Gasteiger partial charge in [-0.15, -0.1) is 11.3 Å². The van der Waals surface area contributed by atoms with Crippen LogP contribution in [-0.2, 0) is 22.4 Å². The molecule has 11 heteroatoms. The van der Waals surface area contributed by atoms with Crippen LogP contribution >= 0.6 is 11.3 Å². The van der Waals surface area contributed by atoms with Crippen molar-refractivity contribution in [2.24, 2.45) is 5.16 Å². The summed E-state index contributed by atoms with van der Waals surface area (Å²) in [6.45, 7) is 6.78. The number of aryl methyl sites for hydroxylation is 1. The predicted octanol–water partition coefficient (Wildman–Crippen LogP) is 5.62. The molecule has 7 nitrogen and oxygen atoms in total. The molecule has 0 N–H and O–H groups in total. The minimum absolute atomic E-state index is 0.0918. The number of hydrogen-bond acceptors (Lipinski definition) is 7. The number of thiazole rings is 1. The quantitative estimate of drug-likeness (QED) is 0.203. The van der Waals surface area contributed by atoms with E-state index in [1.807, 2.05) is 54.5 Å². The minimum Gasteiger partial charge on any atom is -0.388 e. The molecular weight excluding hydrogens is 503 g/mol. The summed E-state index contributed by atoms with van der Waals surface area (Å²) in [6, 6.07) is 10.3. The molecule has 1 aliphatic rings. The van der Waals surface area contributed by atoms with Gasteiger partial charge in [0.15, 0.2) is 5.69 Å². The normalized spacial score (nSPS) is 17.5. The summed E-state index contributed by atoms with van der Waals surface area (Å²) in [7, 11) is 0. The fourth-order valence-corrected chi connectivity index (χ4v) is 5.40. The lowest BCUT2D eigenvalue weighted by molar-refractivity contribution is -0.141. The smallest absolute Gasteiger partial charge is 0.388 e. The van der Waals surface area contributed by atoms with Crippen LogP contribution < -0.4 is 0 Å². The van der Waals surface area contributed by atoms with Crippen LogP contribution in [0.15, 0.2) is 46.9 Å². The molecule has 0 spiro atoms. The molecule has 0 bridgehead atoms. The van der Waals surface area contributed by atoms with Gasteiger partial charge in [0, 0.05) is 17.0 Å². The van der Waals surface area contributed by atoms with Crippen molar-refractivity contribution in [1.29, 1.82) is 0 Å². The summed E-state index contributed by atoms with van der Waals surface area (Å²) in [5.41, 5.74) is 1.97. The number of benzene rings is 1. The molecule has 0 amide bonds. The first-order chi connectivity index (χ1) is 17.7. The molecule has 0 saturated carbocycles. The number of rotatable bonds is 9. The van der Waals surface area contributed by atoms with Crippen LogP contribution in [0.2, 0.25) is 0 Å². The van der Waals surface area contributed by atoms with E-state index in [9.17, 15) is 18.0 Å². The number of carbonyl (C=O) groups is 1. The van der Waals surface area contributed by atoms with Crippen molar-refractivity contribution in [1.82, 2.24) is 19.7 Å². The van der Waals surface area contributed by atoms with Crippen LogP contribution in [0, 0.1) is 6.92 Å². The largest absolute Gasteiger partial charge is 0.435 e. The van der Waals surface area contributed by atoms with Gasteiger partial charge in [-0.3, -0.25) is 9.58 Å². The Balaban J connectivity index is 1.32. The van der Waals surface area contributed by atoms with Gasteiger partial charge in [-0.25, -0.2) is 4.98 Å². The fraction of sp³-hybridized carbons (Fsp3) is 0.462. The van der Waals surface area contributed by atoms with Crippen LogP contribution in [0.25, 0.3) is 0 Å². The summed E-state index contributed by atoms with van der Waals surface area (Å²) in [5.74, 6) is 0.252. The number of piperidine rings is 1. The third-order valence-corrected chi connectivity index (χ3v) is 7.65. The maximum Gasteiger partial charge on any atom is 0.435 e. The van der Waals surface area contributed by atoms with Crippen molar-refractivity contribution in [2.45, 2.75) is 64.4 Å². The SMILES string of the molecule is CC(=NOC(C)c1ccccc1)c1csc(C2CCN(C(C=O)Cn3nc(C(F)(F)F)cc3C)CC2)n1. The van der Waals surface area contributed by atoms with Crippen LogP contribution in [0.3, 0.4) is 0 Å². The molecule has 1 saturated heterocycles. The van der Waals surface area contributed by atoms with Crippen molar-refractivity contribution in [3.8, 4) is 0 Å². The second-order valence-corrected chi connectivity index (χ2v) is 10.2. The highest BCUT2D eigenvalue weighted by Crippen LogP contribution is 2.32. The number of alkyl halides is 3. The van der Waals surface area contributed by atoms with Crippen molar-refractivity contribution >= 4 is 23.3 Å². The summed E-state index contributed by atoms with van der Waals surface area (Å²) in [5, 5.41) is 10.9. The molecule has 2 atom stereocenters. The summed E-state index contributed by atoms with van der Waals surface area (Å²) in [6.07, 6.45) is -2.27. The zero-order valence-electron chi connectivity index (χ0n) is 21.0. The fourth-order valence-electron chi connectivity index (χ4n) is 4.36. The van der Waals surface area contributed by atoms with E-state index >= 15 is 0 Å². The van der Waals surface area contributed by atoms with Gasteiger partial charge in [0.2, 0.25) is 0 Å². The lowest BCUT2D eigenvalue weighted by atomic mass is 9.96. The molecule has 0 radical (unpaired) electrons. The second-order valence-electron chi connectivity index (χ2n) is 9.27. The maximum absolute atomic E-state index is 13.0. The number of oxime groups is 1. The topological polar surface area (TPSA) is 72.6 Å². The molecule has 198 valence electrons. The molecular formula is C26H30F3N5O2S. The Kier molecular flexibility index (Phi) is 8.43. The van der Waals surface area contributed by atoms with Gasteiger partial charge >= 0.3 is 6.18 Å². The zero-order chi connectivity index (χ0) is 26.6. The molecule has 2 unspecified atom stereocenters. The molecule has 37 heavy (non-hydrogen) atoms. The van der Waals surface area contributed by atoms with Gasteiger partial charge in [-0.2, -0.15) is 18.3 Å². The van der Waals surface area contributed by atoms with E-state index in [0.717, 1.165) is 41.5 Å². The van der Waals surface area contributed by atoms with Crippen molar-refractivity contribution in [2.75, 3.05) is 13.1 Å². The van der Waals surface area contributed by atoms with Gasteiger partial charge in [-0.1, -0.05) is 35.5 Å². The van der Waals surface area contributed by atoms with Crippen molar-refractivity contribution in [3.05, 3.63) is 69.4 Å². The molecule has 1 aliphatic heterocycles. The Morgan fingerprint density at radius 3 is 2.59 bits per heavy atom. The summed E-state index contributed by atoms with van der Waals surface area (Å²) < 4.78 is 40.2. The standard InChI is InChI=1S/C26H30F3N5O2S/c1-17-13-24(26(27,28)29)31-34(17)14-22(15-35)33-11-9-21(10-12-33)25-30-23(16-37-25)18(2)32-36-19(3)20-7-5-4-6-8-20/h4-8,13,15-16,19,21-22H,9-12,14H2,1-3H3. The average molecular weight is 534 g/mol. The molecule has 1 fully saturated rings. The van der Waals surface area contributed by atoms with Crippen LogP contribution in [-0.4, -0.2) is 50.8 Å². The van der Waals surface area contributed by atoms with E-state index in [-0.39, 0.29) is 18.6 Å². The molecule has 3 aromatic rings. The Morgan fingerprint density at radius 2 is 1.97 bits per heavy atom. The molecule has 3 heterocycles. The van der Waals surface area contributed by atoms with E-state index in [1.54, 1.807) is 18.3 Å². The van der Waals surface area contributed by atoms with Gasteiger partial charge in [-0.05, 0) is 58.3 Å². The van der Waals surface area contributed by atoms with Gasteiger partial charge in [0.1, 0.15) is 18.1 Å². The summed E-state index contributed by atoms with van der Waals surface area (Å²) in [4.78, 5) is 24.3. The minimum atomic E-state index is -4.51. The number of aldehydes is 1. The Labute approximate surface area is 217 Å². The second kappa shape index (κ2) is 11.6. The van der Waals surface area contributed by atoms with Crippen LogP contribution in [0.5, 0.6) is 0 Å². The number of carbonyl (C=O) groups excluding carboxylic acids is 1. The number of hydrogen-bond donors (Lipinski definition) is 0. The van der Waals surface area contributed by atoms with E-state index in [1.165, 1.54) is 4.68 Å². The lowest BCUT2D eigenvalue weighted by Crippen LogP contribution is -2.44. The number of aromatic nitrogens is 3. The first-order valence-electron chi connectivity index (χ1n) is 12.2. The van der Waals surface area contributed by atoms with E-state index in [0.29, 0.717) is 24.5 Å². The molecule has 2 aromatic heterocycles. The number of likely N-dealkylation sites (tertiary alicyclic amines) is 1. The van der Waals surface area contributed by atoms with E-state index in [2.05, 4.69) is 10.3 Å². The Bertz CT molecular complexity index is 1220. The highest BCUT2D eigenvalue weighted by Gasteiger charge is 2.35. The first kappa shape index (κ1) is 27.0. The van der Waals surface area contributed by atoms with E-state index < -0.39 is 17.9 Å². The lowest BCUT2D eigenvalue weighted by Gasteiger charge is -2.34. The maximum atomic E-state index is 13.0. The molecule has 4 rings (SSSR count). The number of halogens is 3. The number of nitrogens with zero attached hydrogens (tertiary/aromatic N) is 5. The van der Waals surface area contributed by atoms with Crippen molar-refractivity contribution < 1.29 is 22.8 Å². The first-order valence-corrected chi connectivity index (χ1v) is 13.1. The Hall–Kier alpha value is -3.05. The molecule has 0 aliphatic carbocycles. The zero-order valence-corrected chi connectivity index (χ0v) is 21.8. The predicted molar refractivity (Wildman–Crippen MR) is 136 cm³/mol. The van der Waals surface area contributed by atoms with Gasteiger partial charge in [0.25, 0.3) is 0 Å². The third kappa shape index (κ3) is 6.64. The summed E-state index contributed by atoms with van der Waals surface area (Å²) >= 11 is 1.58. The highest BCUT2D eigenvalue weighted by atomic mass is 32.1. The average Bonchev–Trinajstić information content (AvgIpc) is 3.53. The van der Waals surface area contributed by atoms with Gasteiger partial charge < -0.3 is 9.63 Å². The van der Waals surface area contributed by atoms with Gasteiger partial charge in [0.05, 0.1) is 23.3 Å². The van der Waals surface area contributed by atoms with Crippen LogP contribution in [0.4, 0.5) is 13.2 Å². The Morgan fingerprint density at radius 1 is 1.27 bits per heavy atom. The molecule has 1 aromatic carbocycles. The monoisotopic (exact) mass is 533 g/mol. The highest BCUT2D eigenvalue weighted by molar-refractivity contribution is 7.09. The third-order valence-electron chi connectivity index (χ3n) is 6.65. The van der Waals surface area contributed by atoms with Crippen molar-refractivity contribution in [3.63, 3.8) is 0 Å². The van der Waals surface area contributed by atoms with Crippen LogP contribution in [0.1, 0.15) is 66.4 Å². The van der Waals surface area contributed by atoms with E-state index in [4.69, 9.17) is 9.82 Å².